The summed E-state index contributed by atoms with van der Waals surface area (Å²) >= 11 is 0. The van der Waals surface area contributed by atoms with Gasteiger partial charge in [-0.2, -0.15) is 0 Å². The number of hydrogen-bond acceptors (Lipinski definition) is 5. The van der Waals surface area contributed by atoms with Crippen molar-refractivity contribution < 1.29 is 23.8 Å². The summed E-state index contributed by atoms with van der Waals surface area (Å²) in [4.78, 5) is 32.3. The number of halogens is 1. The Morgan fingerprint density at radius 1 is 1.09 bits per heavy atom. The predicted octanol–water partition coefficient (Wildman–Crippen LogP) is 8.51. The van der Waals surface area contributed by atoms with E-state index in [0.717, 1.165) is 61.3 Å². The minimum atomic E-state index is -1.24. The molecule has 9 nitrogen and oxygen atoms in total. The van der Waals surface area contributed by atoms with Gasteiger partial charge in [0.2, 0.25) is 0 Å². The molecule has 2 heterocycles. The summed E-state index contributed by atoms with van der Waals surface area (Å²) in [7, 11) is -1.24. The number of pyridine rings is 1. The van der Waals surface area contributed by atoms with Gasteiger partial charge >= 0.3 is 6.09 Å². The summed E-state index contributed by atoms with van der Waals surface area (Å²) in [6, 6.07) is 8.98. The van der Waals surface area contributed by atoms with Gasteiger partial charge < -0.3 is 29.9 Å². The Kier molecular flexibility index (Phi) is 10.1. The molecule has 2 saturated carbocycles. The van der Waals surface area contributed by atoms with Crippen molar-refractivity contribution in [2.75, 3.05) is 17.2 Å². The molecule has 0 aliphatic heterocycles. The van der Waals surface area contributed by atoms with Crippen LogP contribution in [0.5, 0.6) is 0 Å². The number of anilines is 2. The highest BCUT2D eigenvalue weighted by molar-refractivity contribution is 6.76. The smallest absolute Gasteiger partial charge is 0.407 e. The van der Waals surface area contributed by atoms with E-state index < -0.39 is 19.7 Å². The lowest BCUT2D eigenvalue weighted by Gasteiger charge is -2.43. The van der Waals surface area contributed by atoms with Crippen molar-refractivity contribution >= 4 is 42.5 Å². The summed E-state index contributed by atoms with van der Waals surface area (Å²) in [6.45, 7) is 13.9. The molecule has 0 spiro atoms. The van der Waals surface area contributed by atoms with Crippen LogP contribution in [-0.2, 0) is 11.5 Å². The summed E-state index contributed by atoms with van der Waals surface area (Å²) in [5.41, 5.74) is 3.12. The number of nitrogens with one attached hydrogen (secondary N) is 2. The fraction of sp³-hybridized carbons (Fsp3) is 0.571. The molecule has 2 amide bonds. The van der Waals surface area contributed by atoms with Gasteiger partial charge in [-0.3, -0.25) is 4.79 Å². The van der Waals surface area contributed by atoms with Crippen molar-refractivity contribution in [2.45, 2.75) is 122 Å². The second-order valence-electron chi connectivity index (χ2n) is 15.2. The first-order chi connectivity index (χ1) is 21.7. The van der Waals surface area contributed by atoms with Crippen molar-refractivity contribution in [3.8, 4) is 0 Å². The van der Waals surface area contributed by atoms with Gasteiger partial charge in [-0.05, 0) is 102 Å². The lowest BCUT2D eigenvalue weighted by Crippen LogP contribution is -2.52. The van der Waals surface area contributed by atoms with Crippen LogP contribution in [-0.4, -0.2) is 63.9 Å². The number of rotatable bonds is 11. The number of nitrogens with zero attached hydrogens (tertiary/aromatic N) is 3. The van der Waals surface area contributed by atoms with E-state index in [1.165, 1.54) is 24.2 Å². The van der Waals surface area contributed by atoms with E-state index in [-0.39, 0.29) is 23.8 Å². The number of fused-ring (bicyclic) bond motifs is 1. The molecule has 1 aromatic carbocycles. The van der Waals surface area contributed by atoms with Crippen molar-refractivity contribution in [1.82, 2.24) is 14.5 Å². The van der Waals surface area contributed by atoms with Crippen LogP contribution in [0.3, 0.4) is 0 Å². The van der Waals surface area contributed by atoms with Crippen molar-refractivity contribution in [3.63, 3.8) is 0 Å². The number of amides is 2. The molecule has 2 aliphatic rings. The predicted molar refractivity (Wildman–Crippen MR) is 184 cm³/mol. The van der Waals surface area contributed by atoms with Gasteiger partial charge in [0.1, 0.15) is 18.2 Å². The quantitative estimate of drug-likeness (QED) is 0.142. The summed E-state index contributed by atoms with van der Waals surface area (Å²) in [5.74, 6) is -0.274. The maximum absolute atomic E-state index is 13.7. The first-order valence-electron chi connectivity index (χ1n) is 16.7. The lowest BCUT2D eigenvalue weighted by atomic mass is 9.83. The molecule has 11 heteroatoms. The zero-order chi connectivity index (χ0) is 33.2. The van der Waals surface area contributed by atoms with Crippen LogP contribution in [0.4, 0.5) is 20.6 Å². The number of carboxylic acid groups (broad SMARTS) is 1. The van der Waals surface area contributed by atoms with Crippen LogP contribution in [0.25, 0.3) is 11.0 Å². The summed E-state index contributed by atoms with van der Waals surface area (Å²) < 4.78 is 22.0. The highest BCUT2D eigenvalue weighted by Crippen LogP contribution is 2.41. The first kappa shape index (κ1) is 33.9. The maximum Gasteiger partial charge on any atom is 0.407 e. The Hall–Kier alpha value is -3.44. The SMILES string of the molecule is CC(C)(C)N(C(=O)O)[C@H]1CC[C@H](Nc2c(C(=O)Nc3ccc(F)cc3)cnc3c2cc(C2CCC2)n3COCC[Si](C)(C)C)CC1. The molecular weight excluding hydrogens is 602 g/mol. The molecule has 5 rings (SSSR count). The lowest BCUT2D eigenvalue weighted by molar-refractivity contribution is 0.0556. The second-order valence-corrected chi connectivity index (χ2v) is 20.8. The number of benzene rings is 1. The zero-order valence-corrected chi connectivity index (χ0v) is 29.2. The Labute approximate surface area is 272 Å². The zero-order valence-electron chi connectivity index (χ0n) is 28.2. The molecule has 2 aliphatic carbocycles. The summed E-state index contributed by atoms with van der Waals surface area (Å²) in [6.07, 6.45) is 7.15. The normalized spacial score (nSPS) is 19.1. The topological polar surface area (TPSA) is 109 Å². The number of ether oxygens (including phenoxy) is 1. The standard InChI is InChI=1S/C35H50FN5O4Si/c1-35(2,3)41(34(43)44)27-16-14-25(15-17-27)38-31-28-20-30(23-8-7-9-23)40(22-45-18-19-46(4,5)6)32(28)37-21-29(31)33(42)39-26-12-10-24(36)11-13-26/h10-13,20-21,23,25,27H,7-9,14-19,22H2,1-6H3,(H,37,38)(H,39,42)(H,43,44)/t25-,27-. The van der Waals surface area contributed by atoms with Gasteiger partial charge in [-0.15, -0.1) is 0 Å². The van der Waals surface area contributed by atoms with E-state index in [2.05, 4.69) is 40.9 Å². The maximum atomic E-state index is 13.7. The Balaban J connectivity index is 1.47. The van der Waals surface area contributed by atoms with E-state index in [4.69, 9.17) is 9.72 Å². The van der Waals surface area contributed by atoms with Crippen LogP contribution in [0.1, 0.15) is 87.7 Å². The molecule has 0 bridgehead atoms. The van der Waals surface area contributed by atoms with Gasteiger partial charge in [0.15, 0.2) is 0 Å². The van der Waals surface area contributed by atoms with Crippen molar-refractivity contribution in [1.29, 1.82) is 0 Å². The Morgan fingerprint density at radius 2 is 1.76 bits per heavy atom. The molecular formula is C35H50FN5O4Si. The molecule has 0 unspecified atom stereocenters. The Bertz CT molecular complexity index is 1530. The molecule has 2 fully saturated rings. The highest BCUT2D eigenvalue weighted by Gasteiger charge is 2.36. The number of carbonyl (C=O) groups is 2. The molecule has 0 atom stereocenters. The third kappa shape index (κ3) is 7.91. The summed E-state index contributed by atoms with van der Waals surface area (Å²) in [5, 5.41) is 17.5. The minimum Gasteiger partial charge on any atom is -0.465 e. The van der Waals surface area contributed by atoms with Crippen LogP contribution in [0.2, 0.25) is 25.7 Å². The van der Waals surface area contributed by atoms with Crippen LogP contribution in [0.15, 0.2) is 36.5 Å². The van der Waals surface area contributed by atoms with Crippen LogP contribution < -0.4 is 10.6 Å². The minimum absolute atomic E-state index is 0.0540. The van der Waals surface area contributed by atoms with Crippen LogP contribution in [0, 0.1) is 5.82 Å². The third-order valence-electron chi connectivity index (χ3n) is 9.38. The van der Waals surface area contributed by atoms with E-state index >= 15 is 0 Å². The Morgan fingerprint density at radius 3 is 2.33 bits per heavy atom. The number of hydrogen-bond donors (Lipinski definition) is 3. The molecule has 2 aromatic heterocycles. The van der Waals surface area contributed by atoms with Crippen molar-refractivity contribution in [3.05, 3.63) is 53.6 Å². The van der Waals surface area contributed by atoms with Crippen LogP contribution >= 0.6 is 0 Å². The van der Waals surface area contributed by atoms with Gasteiger partial charge in [-0.25, -0.2) is 14.2 Å². The second kappa shape index (κ2) is 13.7. The highest BCUT2D eigenvalue weighted by atomic mass is 28.3. The fourth-order valence-electron chi connectivity index (χ4n) is 6.66. The molecule has 0 radical (unpaired) electrons. The average Bonchev–Trinajstić information content (AvgIpc) is 3.29. The average molecular weight is 652 g/mol. The third-order valence-corrected chi connectivity index (χ3v) is 11.1. The van der Waals surface area contributed by atoms with E-state index in [1.807, 2.05) is 20.8 Å². The van der Waals surface area contributed by atoms with E-state index in [9.17, 15) is 19.1 Å². The van der Waals surface area contributed by atoms with E-state index in [1.54, 1.807) is 23.2 Å². The number of aromatic nitrogens is 2. The number of carbonyl (C=O) groups excluding carboxylic acids is 1. The van der Waals surface area contributed by atoms with Gasteiger partial charge in [-0.1, -0.05) is 26.1 Å². The fourth-order valence-corrected chi connectivity index (χ4v) is 7.42. The molecule has 3 aromatic rings. The van der Waals surface area contributed by atoms with E-state index in [0.29, 0.717) is 30.5 Å². The molecule has 250 valence electrons. The molecule has 0 saturated heterocycles. The molecule has 3 N–H and O–H groups in total. The first-order valence-corrected chi connectivity index (χ1v) is 20.4. The van der Waals surface area contributed by atoms with Crippen molar-refractivity contribution in [2.24, 2.45) is 0 Å². The van der Waals surface area contributed by atoms with Gasteiger partial charge in [0, 0.05) is 55.3 Å². The van der Waals surface area contributed by atoms with Gasteiger partial charge in [0.05, 0.1) is 11.3 Å². The largest absolute Gasteiger partial charge is 0.465 e. The monoisotopic (exact) mass is 651 g/mol. The van der Waals surface area contributed by atoms with Gasteiger partial charge in [0.25, 0.3) is 5.91 Å². The molecule has 46 heavy (non-hydrogen) atoms.